The number of rotatable bonds is 1. The number of H-pyrrole nitrogens is 1. The summed E-state index contributed by atoms with van der Waals surface area (Å²) in [5.41, 5.74) is 3.91. The maximum Gasteiger partial charge on any atom is 0.137 e. The van der Waals surface area contributed by atoms with Gasteiger partial charge in [-0.1, -0.05) is 20.8 Å². The number of pyridine rings is 1. The number of aromatic amines is 1. The first-order valence-electron chi connectivity index (χ1n) is 5.38. The zero-order valence-electron chi connectivity index (χ0n) is 9.89. The van der Waals surface area contributed by atoms with E-state index in [4.69, 9.17) is 0 Å². The summed E-state index contributed by atoms with van der Waals surface area (Å²) in [6.45, 7) is 8.86. The van der Waals surface area contributed by atoms with Gasteiger partial charge in [-0.05, 0) is 36.0 Å². The lowest BCUT2D eigenvalue weighted by atomic mass is 9.88. The maximum absolute atomic E-state index is 4.38. The normalized spacial score (nSPS) is 12.3. The molecule has 0 aliphatic carbocycles. The van der Waals surface area contributed by atoms with Crippen molar-refractivity contribution in [2.75, 3.05) is 0 Å². The molecule has 0 amide bonds. The van der Waals surface area contributed by atoms with Crippen LogP contribution in [0.5, 0.6) is 0 Å². The van der Waals surface area contributed by atoms with Crippen molar-refractivity contribution in [3.8, 4) is 0 Å². The van der Waals surface area contributed by atoms with Crippen LogP contribution in [0.25, 0.3) is 11.0 Å². The van der Waals surface area contributed by atoms with Gasteiger partial charge in [0.25, 0.3) is 0 Å². The van der Waals surface area contributed by atoms with Crippen LogP contribution in [0, 0.1) is 12.3 Å². The van der Waals surface area contributed by atoms with E-state index in [-0.39, 0.29) is 0 Å². The highest BCUT2D eigenvalue weighted by Crippen LogP contribution is 2.26. The lowest BCUT2D eigenvalue weighted by Gasteiger charge is -2.17. The third kappa shape index (κ3) is 2.20. The van der Waals surface area contributed by atoms with Gasteiger partial charge in [0.15, 0.2) is 0 Å². The van der Waals surface area contributed by atoms with Crippen molar-refractivity contribution in [3.05, 3.63) is 29.6 Å². The summed E-state index contributed by atoms with van der Waals surface area (Å²) in [5, 5.41) is 1.27. The number of hydrogen-bond acceptors (Lipinski definition) is 1. The van der Waals surface area contributed by atoms with Gasteiger partial charge in [-0.25, -0.2) is 4.98 Å². The minimum atomic E-state index is 0.318. The van der Waals surface area contributed by atoms with Crippen molar-refractivity contribution in [1.29, 1.82) is 0 Å². The Morgan fingerprint density at radius 2 is 2.07 bits per heavy atom. The van der Waals surface area contributed by atoms with Gasteiger partial charge in [0.2, 0.25) is 0 Å². The first kappa shape index (κ1) is 10.2. The van der Waals surface area contributed by atoms with E-state index in [9.17, 15) is 0 Å². The second-order valence-corrected chi connectivity index (χ2v) is 5.46. The van der Waals surface area contributed by atoms with E-state index in [0.29, 0.717) is 5.41 Å². The molecule has 2 rings (SSSR count). The van der Waals surface area contributed by atoms with Gasteiger partial charge in [0.1, 0.15) is 5.65 Å². The van der Waals surface area contributed by atoms with Gasteiger partial charge in [-0.2, -0.15) is 0 Å². The Bertz CT molecular complexity index is 475. The summed E-state index contributed by atoms with van der Waals surface area (Å²) in [7, 11) is 0. The first-order chi connectivity index (χ1) is 6.96. The van der Waals surface area contributed by atoms with E-state index >= 15 is 0 Å². The molecule has 2 aromatic rings. The summed E-state index contributed by atoms with van der Waals surface area (Å²) < 4.78 is 0. The Morgan fingerprint density at radius 1 is 1.33 bits per heavy atom. The Morgan fingerprint density at radius 3 is 2.73 bits per heavy atom. The van der Waals surface area contributed by atoms with Crippen LogP contribution in [0.2, 0.25) is 0 Å². The van der Waals surface area contributed by atoms with E-state index in [0.717, 1.165) is 12.1 Å². The molecule has 0 aliphatic rings. The van der Waals surface area contributed by atoms with Gasteiger partial charge < -0.3 is 4.98 Å². The average Bonchev–Trinajstić information content (AvgIpc) is 2.46. The van der Waals surface area contributed by atoms with Crippen molar-refractivity contribution in [1.82, 2.24) is 9.97 Å². The number of nitrogens with one attached hydrogen (secondary N) is 1. The number of hydrogen-bond donors (Lipinski definition) is 1. The summed E-state index contributed by atoms with van der Waals surface area (Å²) >= 11 is 0. The third-order valence-electron chi connectivity index (χ3n) is 2.47. The molecular formula is C13H18N2. The molecule has 2 nitrogen and oxygen atoms in total. The Kier molecular flexibility index (Phi) is 2.29. The molecule has 0 radical (unpaired) electrons. The molecule has 0 saturated carbocycles. The summed E-state index contributed by atoms with van der Waals surface area (Å²) in [6, 6.07) is 2.21. The fourth-order valence-corrected chi connectivity index (χ4v) is 1.88. The zero-order valence-corrected chi connectivity index (χ0v) is 9.89. The number of fused-ring (bicyclic) bond motifs is 1. The molecule has 0 aromatic carbocycles. The quantitative estimate of drug-likeness (QED) is 0.753. The lowest BCUT2D eigenvalue weighted by molar-refractivity contribution is 0.412. The van der Waals surface area contributed by atoms with Crippen molar-refractivity contribution in [2.24, 2.45) is 5.41 Å². The average molecular weight is 202 g/mol. The van der Waals surface area contributed by atoms with Crippen molar-refractivity contribution in [2.45, 2.75) is 34.1 Å². The largest absolute Gasteiger partial charge is 0.346 e. The molecule has 0 saturated heterocycles. The second kappa shape index (κ2) is 3.37. The van der Waals surface area contributed by atoms with Crippen molar-refractivity contribution >= 4 is 11.0 Å². The highest BCUT2D eigenvalue weighted by atomic mass is 14.8. The van der Waals surface area contributed by atoms with Crippen LogP contribution in [0.15, 0.2) is 18.5 Å². The Hall–Kier alpha value is -1.31. The lowest BCUT2D eigenvalue weighted by Crippen LogP contribution is -2.08. The van der Waals surface area contributed by atoms with E-state index in [1.165, 1.54) is 16.5 Å². The number of nitrogens with zero attached hydrogens (tertiary/aromatic N) is 1. The predicted molar refractivity (Wildman–Crippen MR) is 64.0 cm³/mol. The van der Waals surface area contributed by atoms with Crippen LogP contribution in [0.1, 0.15) is 31.9 Å². The molecule has 2 heterocycles. The Labute approximate surface area is 90.7 Å². The van der Waals surface area contributed by atoms with Crippen molar-refractivity contribution < 1.29 is 0 Å². The second-order valence-electron chi connectivity index (χ2n) is 5.46. The van der Waals surface area contributed by atoms with Crippen LogP contribution in [0.4, 0.5) is 0 Å². The molecule has 15 heavy (non-hydrogen) atoms. The highest BCUT2D eigenvalue weighted by Gasteiger charge is 2.14. The van der Waals surface area contributed by atoms with E-state index in [1.54, 1.807) is 0 Å². The topological polar surface area (TPSA) is 28.7 Å². The highest BCUT2D eigenvalue weighted by molar-refractivity contribution is 5.80. The summed E-state index contributed by atoms with van der Waals surface area (Å²) in [5.74, 6) is 0. The van der Waals surface area contributed by atoms with Crippen LogP contribution in [-0.2, 0) is 6.42 Å². The van der Waals surface area contributed by atoms with E-state index < -0.39 is 0 Å². The van der Waals surface area contributed by atoms with Crippen molar-refractivity contribution in [3.63, 3.8) is 0 Å². The monoisotopic (exact) mass is 202 g/mol. The van der Waals surface area contributed by atoms with Crippen LogP contribution < -0.4 is 0 Å². The number of aryl methyl sites for hydroxylation is 1. The summed E-state index contributed by atoms with van der Waals surface area (Å²) in [6.07, 6.45) is 5.07. The van der Waals surface area contributed by atoms with Gasteiger partial charge >= 0.3 is 0 Å². The fourth-order valence-electron chi connectivity index (χ4n) is 1.88. The maximum atomic E-state index is 4.38. The molecule has 1 N–H and O–H groups in total. The molecule has 0 bridgehead atoms. The molecule has 0 aliphatic heterocycles. The van der Waals surface area contributed by atoms with Crippen LogP contribution in [-0.4, -0.2) is 9.97 Å². The zero-order chi connectivity index (χ0) is 11.1. The molecule has 0 unspecified atom stereocenters. The molecule has 2 aromatic heterocycles. The smallest absolute Gasteiger partial charge is 0.137 e. The molecule has 80 valence electrons. The molecule has 0 fully saturated rings. The minimum absolute atomic E-state index is 0.318. The minimum Gasteiger partial charge on any atom is -0.346 e. The molecule has 0 atom stereocenters. The SMILES string of the molecule is Cc1cnc2[nH]cc(CC(C)(C)C)c2c1. The molecule has 2 heteroatoms. The van der Waals surface area contributed by atoms with E-state index in [1.807, 2.05) is 6.20 Å². The first-order valence-corrected chi connectivity index (χ1v) is 5.38. The van der Waals surface area contributed by atoms with Gasteiger partial charge in [0.05, 0.1) is 0 Å². The summed E-state index contributed by atoms with van der Waals surface area (Å²) in [4.78, 5) is 7.60. The molecule has 0 spiro atoms. The Balaban J connectivity index is 2.48. The van der Waals surface area contributed by atoms with Crippen LogP contribution in [0.3, 0.4) is 0 Å². The van der Waals surface area contributed by atoms with E-state index in [2.05, 4.69) is 49.9 Å². The van der Waals surface area contributed by atoms with Gasteiger partial charge in [-0.15, -0.1) is 0 Å². The fraction of sp³-hybridized carbons (Fsp3) is 0.462. The molecular weight excluding hydrogens is 184 g/mol. The predicted octanol–water partition coefficient (Wildman–Crippen LogP) is 3.46. The van der Waals surface area contributed by atoms with Crippen LogP contribution >= 0.6 is 0 Å². The van der Waals surface area contributed by atoms with Gasteiger partial charge in [0, 0.05) is 17.8 Å². The number of aromatic nitrogens is 2. The third-order valence-corrected chi connectivity index (χ3v) is 2.47. The standard InChI is InChI=1S/C13H18N2/c1-9-5-11-10(6-13(2,3)4)8-15-12(11)14-7-9/h5,7-8H,6H2,1-4H3,(H,14,15). The van der Waals surface area contributed by atoms with Gasteiger partial charge in [-0.3, -0.25) is 0 Å².